The summed E-state index contributed by atoms with van der Waals surface area (Å²) in [5.74, 6) is -3.57. The summed E-state index contributed by atoms with van der Waals surface area (Å²) in [6.07, 6.45) is -4.21. The Kier molecular flexibility index (Phi) is 7.98. The number of carboxylic acid groups (broad SMARTS) is 2. The summed E-state index contributed by atoms with van der Waals surface area (Å²) in [5.41, 5.74) is 1.22. The van der Waals surface area contributed by atoms with Gasteiger partial charge in [0.05, 0.1) is 6.54 Å². The number of aliphatic carboxylic acids is 2. The van der Waals surface area contributed by atoms with Crippen LogP contribution in [0.3, 0.4) is 0 Å². The quantitative estimate of drug-likeness (QED) is 0.717. The molecule has 20 heavy (non-hydrogen) atoms. The molecule has 0 fully saturated rings. The average Bonchev–Trinajstić information content (AvgIpc) is 2.35. The second-order valence-corrected chi connectivity index (χ2v) is 3.61. The number of benzene rings is 1. The average molecular weight is 293 g/mol. The van der Waals surface area contributed by atoms with Crippen LogP contribution in [0.25, 0.3) is 0 Å². The van der Waals surface area contributed by atoms with Crippen molar-refractivity contribution >= 4 is 11.9 Å². The van der Waals surface area contributed by atoms with E-state index in [9.17, 15) is 18.0 Å². The molecule has 1 aromatic carbocycles. The fourth-order valence-corrected chi connectivity index (χ4v) is 1.07. The number of nitrogens with one attached hydrogen (secondary N) is 1. The number of halogens is 3. The zero-order valence-electron chi connectivity index (χ0n) is 10.4. The molecular weight excluding hydrogens is 279 g/mol. The van der Waals surface area contributed by atoms with Gasteiger partial charge in [0.1, 0.15) is 0 Å². The van der Waals surface area contributed by atoms with Crippen LogP contribution in [-0.2, 0) is 16.0 Å². The molecule has 1 rings (SSSR count). The number of hydrogen-bond donors (Lipinski definition) is 3. The van der Waals surface area contributed by atoms with E-state index in [1.807, 2.05) is 30.3 Å². The van der Waals surface area contributed by atoms with Crippen LogP contribution in [0.4, 0.5) is 13.2 Å². The Labute approximate surface area is 113 Å². The van der Waals surface area contributed by atoms with Crippen LogP contribution in [0.5, 0.6) is 0 Å². The molecule has 0 saturated carbocycles. The highest BCUT2D eigenvalue weighted by Gasteiger charge is 2.38. The largest absolute Gasteiger partial charge is 0.490 e. The molecular formula is C12H14F3NO4. The van der Waals surface area contributed by atoms with E-state index in [1.165, 1.54) is 5.56 Å². The predicted octanol–water partition coefficient (Wildman–Crippen LogP) is 1.54. The molecule has 0 bridgehead atoms. The molecule has 0 atom stereocenters. The van der Waals surface area contributed by atoms with E-state index in [0.29, 0.717) is 6.54 Å². The maximum atomic E-state index is 10.6. The van der Waals surface area contributed by atoms with E-state index < -0.39 is 18.1 Å². The Balaban J connectivity index is 0.000000441. The monoisotopic (exact) mass is 293 g/mol. The molecule has 0 aromatic heterocycles. The Morgan fingerprint density at radius 1 is 1.10 bits per heavy atom. The molecule has 5 nitrogen and oxygen atoms in total. The molecule has 0 saturated heterocycles. The van der Waals surface area contributed by atoms with Gasteiger partial charge in [-0.15, -0.1) is 0 Å². The first-order valence-corrected chi connectivity index (χ1v) is 5.50. The number of rotatable bonds is 5. The van der Waals surface area contributed by atoms with E-state index in [4.69, 9.17) is 15.0 Å². The summed E-state index contributed by atoms with van der Waals surface area (Å²) < 4.78 is 31.7. The Morgan fingerprint density at radius 3 is 2.00 bits per heavy atom. The molecule has 8 heteroatoms. The number of alkyl halides is 3. The number of hydrogen-bond acceptors (Lipinski definition) is 3. The van der Waals surface area contributed by atoms with Crippen molar-refractivity contribution < 1.29 is 33.0 Å². The topological polar surface area (TPSA) is 86.6 Å². The van der Waals surface area contributed by atoms with E-state index in [0.717, 1.165) is 6.42 Å². The first-order chi connectivity index (χ1) is 9.23. The Hall–Kier alpha value is -2.09. The highest BCUT2D eigenvalue weighted by Crippen LogP contribution is 2.13. The van der Waals surface area contributed by atoms with Crippen LogP contribution >= 0.6 is 0 Å². The summed E-state index contributed by atoms with van der Waals surface area (Å²) in [5, 5.41) is 18.3. The van der Waals surface area contributed by atoms with Gasteiger partial charge in [-0.3, -0.25) is 4.79 Å². The van der Waals surface area contributed by atoms with Gasteiger partial charge in [-0.25, -0.2) is 4.79 Å². The second kappa shape index (κ2) is 8.92. The van der Waals surface area contributed by atoms with Gasteiger partial charge in [0.15, 0.2) is 0 Å². The normalized spacial score (nSPS) is 10.3. The van der Waals surface area contributed by atoms with E-state index >= 15 is 0 Å². The van der Waals surface area contributed by atoms with E-state index in [1.54, 1.807) is 0 Å². The maximum Gasteiger partial charge on any atom is 0.490 e. The summed E-state index contributed by atoms with van der Waals surface area (Å²) in [6, 6.07) is 9.98. The Bertz CT molecular complexity index is 420. The number of carbonyl (C=O) groups is 2. The fraction of sp³-hybridized carbons (Fsp3) is 0.333. The first kappa shape index (κ1) is 17.9. The van der Waals surface area contributed by atoms with Gasteiger partial charge in [0.2, 0.25) is 0 Å². The van der Waals surface area contributed by atoms with E-state index in [2.05, 4.69) is 5.32 Å². The highest BCUT2D eigenvalue weighted by molar-refractivity contribution is 5.73. The summed E-state index contributed by atoms with van der Waals surface area (Å²) in [6.45, 7) is 0.739. The van der Waals surface area contributed by atoms with Crippen molar-refractivity contribution in [2.75, 3.05) is 13.1 Å². The maximum absolute atomic E-state index is 10.6. The predicted molar refractivity (Wildman–Crippen MR) is 64.3 cm³/mol. The lowest BCUT2D eigenvalue weighted by Gasteiger charge is -2.01. The molecule has 3 N–H and O–H groups in total. The summed E-state index contributed by atoms with van der Waals surface area (Å²) in [7, 11) is 0. The van der Waals surface area contributed by atoms with Crippen LogP contribution in [-0.4, -0.2) is 41.4 Å². The molecule has 0 aliphatic carbocycles. The lowest BCUT2D eigenvalue weighted by Crippen LogP contribution is -2.24. The van der Waals surface area contributed by atoms with Crippen molar-refractivity contribution in [3.8, 4) is 0 Å². The van der Waals surface area contributed by atoms with Gasteiger partial charge < -0.3 is 15.5 Å². The van der Waals surface area contributed by atoms with Gasteiger partial charge in [-0.05, 0) is 18.5 Å². The molecule has 0 radical (unpaired) electrons. The second-order valence-electron chi connectivity index (χ2n) is 3.61. The van der Waals surface area contributed by atoms with Crippen molar-refractivity contribution in [2.45, 2.75) is 12.6 Å². The van der Waals surface area contributed by atoms with Gasteiger partial charge in [-0.1, -0.05) is 30.3 Å². The van der Waals surface area contributed by atoms with Crippen LogP contribution in [0, 0.1) is 0 Å². The lowest BCUT2D eigenvalue weighted by atomic mass is 10.1. The molecule has 0 aliphatic heterocycles. The zero-order valence-corrected chi connectivity index (χ0v) is 10.4. The third kappa shape index (κ3) is 9.89. The van der Waals surface area contributed by atoms with Crippen molar-refractivity contribution in [1.82, 2.24) is 5.32 Å². The van der Waals surface area contributed by atoms with Gasteiger partial charge in [-0.2, -0.15) is 13.2 Å². The van der Waals surface area contributed by atoms with E-state index in [-0.39, 0.29) is 6.54 Å². The van der Waals surface area contributed by atoms with Crippen molar-refractivity contribution in [1.29, 1.82) is 0 Å². The molecule has 0 heterocycles. The third-order valence-electron chi connectivity index (χ3n) is 1.95. The van der Waals surface area contributed by atoms with Crippen LogP contribution in [0.1, 0.15) is 5.56 Å². The third-order valence-corrected chi connectivity index (χ3v) is 1.95. The molecule has 1 aromatic rings. The highest BCUT2D eigenvalue weighted by atomic mass is 19.4. The van der Waals surface area contributed by atoms with Crippen LogP contribution in [0.2, 0.25) is 0 Å². The molecule has 0 amide bonds. The SMILES string of the molecule is O=C(O)C(F)(F)F.O=C(O)CNCCc1ccccc1. The minimum absolute atomic E-state index is 0.0346. The van der Waals surface area contributed by atoms with Crippen LogP contribution < -0.4 is 5.32 Å². The molecule has 0 spiro atoms. The smallest absolute Gasteiger partial charge is 0.480 e. The number of carboxylic acids is 2. The first-order valence-electron chi connectivity index (χ1n) is 5.50. The summed E-state index contributed by atoms with van der Waals surface area (Å²) in [4.78, 5) is 19.0. The zero-order chi connectivity index (χ0) is 15.6. The molecule has 0 aliphatic rings. The fourth-order valence-electron chi connectivity index (χ4n) is 1.07. The van der Waals surface area contributed by atoms with Crippen LogP contribution in [0.15, 0.2) is 30.3 Å². The van der Waals surface area contributed by atoms with Crippen molar-refractivity contribution in [3.05, 3.63) is 35.9 Å². The lowest BCUT2D eigenvalue weighted by molar-refractivity contribution is -0.192. The van der Waals surface area contributed by atoms with Gasteiger partial charge in [0.25, 0.3) is 0 Å². The Morgan fingerprint density at radius 2 is 1.60 bits per heavy atom. The van der Waals surface area contributed by atoms with Crippen molar-refractivity contribution in [3.63, 3.8) is 0 Å². The molecule has 0 unspecified atom stereocenters. The van der Waals surface area contributed by atoms with Gasteiger partial charge >= 0.3 is 18.1 Å². The summed E-state index contributed by atoms with van der Waals surface area (Å²) >= 11 is 0. The minimum Gasteiger partial charge on any atom is -0.480 e. The standard InChI is InChI=1S/C10H13NO2.C2HF3O2/c12-10(13)8-11-7-6-9-4-2-1-3-5-9;3-2(4,5)1(6)7/h1-5,11H,6-8H2,(H,12,13);(H,6,7). The van der Waals surface area contributed by atoms with Gasteiger partial charge in [0, 0.05) is 0 Å². The minimum atomic E-state index is -5.08. The van der Waals surface area contributed by atoms with Crippen molar-refractivity contribution in [2.24, 2.45) is 0 Å². The molecule has 112 valence electrons.